The number of nitrogens with one attached hydrogen (secondary N) is 2. The lowest BCUT2D eigenvalue weighted by Crippen LogP contribution is -2.25. The fraction of sp³-hybridized carbons (Fsp3) is 0.316. The van der Waals surface area contributed by atoms with Crippen LogP contribution in [-0.4, -0.2) is 12.5 Å². The Morgan fingerprint density at radius 2 is 1.78 bits per heavy atom. The molecule has 0 atom stereocenters. The van der Waals surface area contributed by atoms with Gasteiger partial charge in [0.2, 0.25) is 5.91 Å². The van der Waals surface area contributed by atoms with Gasteiger partial charge in [0.05, 0.1) is 0 Å². The minimum atomic E-state index is -0.295. The van der Waals surface area contributed by atoms with Crippen molar-refractivity contribution in [3.05, 3.63) is 65.5 Å². The summed E-state index contributed by atoms with van der Waals surface area (Å²) < 4.78 is 13.5. The third-order valence-corrected chi connectivity index (χ3v) is 3.68. The summed E-state index contributed by atoms with van der Waals surface area (Å²) in [5.74, 6) is 0.0353. The van der Waals surface area contributed by atoms with Crippen molar-refractivity contribution in [2.24, 2.45) is 0 Å². The lowest BCUT2D eigenvalue weighted by Gasteiger charge is -2.14. The van der Waals surface area contributed by atoms with E-state index in [0.717, 1.165) is 5.69 Å². The molecule has 0 unspecified atom stereocenters. The van der Waals surface area contributed by atoms with E-state index < -0.39 is 0 Å². The Kier molecular flexibility index (Phi) is 6.15. The summed E-state index contributed by atoms with van der Waals surface area (Å²) in [6, 6.07) is 14.6. The van der Waals surface area contributed by atoms with E-state index in [1.807, 2.05) is 18.2 Å². The standard InChI is InChI=1S/C19H23FN2O/c1-14(2)16-8-4-6-10-18(16)21-12-11-19(23)22-13-15-7-3-5-9-17(15)20/h3-10,14,21H,11-13H2,1-2H3,(H,22,23). The smallest absolute Gasteiger partial charge is 0.222 e. The van der Waals surface area contributed by atoms with Gasteiger partial charge < -0.3 is 10.6 Å². The molecule has 3 nitrogen and oxygen atoms in total. The topological polar surface area (TPSA) is 41.1 Å². The molecule has 2 aromatic rings. The van der Waals surface area contributed by atoms with Crippen molar-refractivity contribution >= 4 is 11.6 Å². The largest absolute Gasteiger partial charge is 0.384 e. The van der Waals surface area contributed by atoms with E-state index >= 15 is 0 Å². The van der Waals surface area contributed by atoms with Gasteiger partial charge in [0.1, 0.15) is 5.82 Å². The van der Waals surface area contributed by atoms with Gasteiger partial charge in [-0.15, -0.1) is 0 Å². The molecule has 0 spiro atoms. The second-order valence-electron chi connectivity index (χ2n) is 5.79. The Labute approximate surface area is 136 Å². The van der Waals surface area contributed by atoms with Crippen LogP contribution in [0.3, 0.4) is 0 Å². The molecule has 1 amide bonds. The first kappa shape index (κ1) is 17.0. The molecule has 0 aliphatic heterocycles. The maximum absolute atomic E-state index is 13.5. The van der Waals surface area contributed by atoms with E-state index in [1.54, 1.807) is 18.2 Å². The minimum Gasteiger partial charge on any atom is -0.384 e. The summed E-state index contributed by atoms with van der Waals surface area (Å²) in [6.07, 6.45) is 0.348. The predicted octanol–water partition coefficient (Wildman–Crippen LogP) is 4.07. The van der Waals surface area contributed by atoms with Crippen LogP contribution in [0, 0.1) is 5.82 Å². The molecule has 0 heterocycles. The van der Waals surface area contributed by atoms with Crippen molar-refractivity contribution in [1.82, 2.24) is 5.32 Å². The number of carbonyl (C=O) groups excluding carboxylic acids is 1. The first-order valence-electron chi connectivity index (χ1n) is 7.91. The molecule has 23 heavy (non-hydrogen) atoms. The van der Waals surface area contributed by atoms with Crippen molar-refractivity contribution in [1.29, 1.82) is 0 Å². The molecule has 0 saturated heterocycles. The number of hydrogen-bond acceptors (Lipinski definition) is 2. The molecule has 0 bridgehead atoms. The Balaban J connectivity index is 1.78. The third kappa shape index (κ3) is 5.09. The first-order chi connectivity index (χ1) is 11.1. The summed E-state index contributed by atoms with van der Waals surface area (Å²) in [7, 11) is 0. The lowest BCUT2D eigenvalue weighted by atomic mass is 10.0. The average Bonchev–Trinajstić information content (AvgIpc) is 2.54. The zero-order valence-corrected chi connectivity index (χ0v) is 13.6. The van der Waals surface area contributed by atoms with Crippen molar-refractivity contribution in [2.45, 2.75) is 32.7 Å². The van der Waals surface area contributed by atoms with Crippen LogP contribution in [0.1, 0.15) is 37.3 Å². The van der Waals surface area contributed by atoms with Gasteiger partial charge in [-0.05, 0) is 23.6 Å². The van der Waals surface area contributed by atoms with E-state index in [0.29, 0.717) is 24.4 Å². The molecule has 0 aliphatic carbocycles. The zero-order valence-electron chi connectivity index (χ0n) is 13.6. The Bertz CT molecular complexity index is 655. The molecule has 2 aromatic carbocycles. The van der Waals surface area contributed by atoms with E-state index in [1.165, 1.54) is 11.6 Å². The molecule has 4 heteroatoms. The number of benzene rings is 2. The van der Waals surface area contributed by atoms with Crippen LogP contribution in [0.25, 0.3) is 0 Å². The highest BCUT2D eigenvalue weighted by Crippen LogP contribution is 2.23. The van der Waals surface area contributed by atoms with Crippen LogP contribution in [0.2, 0.25) is 0 Å². The number of carbonyl (C=O) groups is 1. The molecule has 0 aliphatic rings. The van der Waals surface area contributed by atoms with E-state index in [9.17, 15) is 9.18 Å². The first-order valence-corrected chi connectivity index (χ1v) is 7.91. The van der Waals surface area contributed by atoms with Crippen LogP contribution >= 0.6 is 0 Å². The van der Waals surface area contributed by atoms with Gasteiger partial charge >= 0.3 is 0 Å². The van der Waals surface area contributed by atoms with Gasteiger partial charge in [-0.2, -0.15) is 0 Å². The molecule has 0 radical (unpaired) electrons. The summed E-state index contributed by atoms with van der Waals surface area (Å²) in [5, 5.41) is 6.04. The van der Waals surface area contributed by atoms with Crippen LogP contribution in [-0.2, 0) is 11.3 Å². The number of rotatable bonds is 7. The molecular weight excluding hydrogens is 291 g/mol. The Morgan fingerprint density at radius 1 is 1.09 bits per heavy atom. The van der Waals surface area contributed by atoms with Gasteiger partial charge in [-0.1, -0.05) is 50.2 Å². The van der Waals surface area contributed by atoms with Crippen LogP contribution in [0.4, 0.5) is 10.1 Å². The quantitative estimate of drug-likeness (QED) is 0.809. The van der Waals surface area contributed by atoms with Crippen LogP contribution in [0.15, 0.2) is 48.5 Å². The van der Waals surface area contributed by atoms with Crippen molar-refractivity contribution in [3.63, 3.8) is 0 Å². The average molecular weight is 314 g/mol. The minimum absolute atomic E-state index is 0.0946. The van der Waals surface area contributed by atoms with Crippen molar-refractivity contribution in [2.75, 3.05) is 11.9 Å². The Morgan fingerprint density at radius 3 is 2.52 bits per heavy atom. The number of halogens is 1. The van der Waals surface area contributed by atoms with Crippen LogP contribution < -0.4 is 10.6 Å². The molecule has 2 N–H and O–H groups in total. The summed E-state index contributed by atoms with van der Waals surface area (Å²) in [4.78, 5) is 11.9. The van der Waals surface area contributed by atoms with Gasteiger partial charge in [0.15, 0.2) is 0 Å². The predicted molar refractivity (Wildman–Crippen MR) is 91.9 cm³/mol. The molecule has 122 valence electrons. The normalized spacial score (nSPS) is 10.6. The molecular formula is C19H23FN2O. The number of hydrogen-bond donors (Lipinski definition) is 2. The highest BCUT2D eigenvalue weighted by atomic mass is 19.1. The van der Waals surface area contributed by atoms with Gasteiger partial charge in [-0.3, -0.25) is 4.79 Å². The van der Waals surface area contributed by atoms with Crippen LogP contribution in [0.5, 0.6) is 0 Å². The monoisotopic (exact) mass is 314 g/mol. The maximum atomic E-state index is 13.5. The number of para-hydroxylation sites is 1. The third-order valence-electron chi connectivity index (χ3n) is 3.68. The second-order valence-corrected chi connectivity index (χ2v) is 5.79. The highest BCUT2D eigenvalue weighted by Gasteiger charge is 2.07. The van der Waals surface area contributed by atoms with E-state index in [4.69, 9.17) is 0 Å². The second kappa shape index (κ2) is 8.32. The zero-order chi connectivity index (χ0) is 16.7. The summed E-state index contributed by atoms with van der Waals surface area (Å²) in [6.45, 7) is 5.05. The van der Waals surface area contributed by atoms with Gasteiger partial charge in [-0.25, -0.2) is 4.39 Å². The molecule has 0 fully saturated rings. The van der Waals surface area contributed by atoms with E-state index in [-0.39, 0.29) is 18.3 Å². The lowest BCUT2D eigenvalue weighted by molar-refractivity contribution is -0.121. The summed E-state index contributed by atoms with van der Waals surface area (Å²) >= 11 is 0. The molecule has 0 aromatic heterocycles. The highest BCUT2D eigenvalue weighted by molar-refractivity contribution is 5.76. The fourth-order valence-electron chi connectivity index (χ4n) is 2.40. The molecule has 0 saturated carbocycles. The van der Waals surface area contributed by atoms with Crippen molar-refractivity contribution < 1.29 is 9.18 Å². The maximum Gasteiger partial charge on any atom is 0.222 e. The fourth-order valence-corrected chi connectivity index (χ4v) is 2.40. The number of anilines is 1. The number of amides is 1. The van der Waals surface area contributed by atoms with Crippen molar-refractivity contribution in [3.8, 4) is 0 Å². The molecule has 2 rings (SSSR count). The van der Waals surface area contributed by atoms with Gasteiger partial charge in [0.25, 0.3) is 0 Å². The van der Waals surface area contributed by atoms with Gasteiger partial charge in [0, 0.05) is 30.8 Å². The Hall–Kier alpha value is -2.36. The van der Waals surface area contributed by atoms with E-state index in [2.05, 4.69) is 30.5 Å². The summed E-state index contributed by atoms with van der Waals surface area (Å²) in [5.41, 5.74) is 2.79. The SMILES string of the molecule is CC(C)c1ccccc1NCCC(=O)NCc1ccccc1F.